The summed E-state index contributed by atoms with van der Waals surface area (Å²) in [6, 6.07) is 8.21. The Hall–Kier alpha value is -2.04. The molecule has 1 saturated carbocycles. The number of esters is 1. The zero-order valence-corrected chi connectivity index (χ0v) is 12.3. The quantitative estimate of drug-likeness (QED) is 0.837. The van der Waals surface area contributed by atoms with Crippen molar-refractivity contribution >= 4 is 12.0 Å². The number of rotatable bonds is 4. The minimum atomic E-state index is -0.778. The van der Waals surface area contributed by atoms with Crippen molar-refractivity contribution in [3.8, 4) is 0 Å². The molecule has 2 amide bonds. The maximum atomic E-state index is 12.1. The number of urea groups is 1. The van der Waals surface area contributed by atoms with Crippen LogP contribution in [-0.4, -0.2) is 25.2 Å². The Kier molecular flexibility index (Phi) is 5.60. The average Bonchev–Trinajstić information content (AvgIpc) is 2.53. The summed E-state index contributed by atoms with van der Waals surface area (Å²) in [6.07, 6.45) is 5.52. The van der Waals surface area contributed by atoms with Crippen molar-refractivity contribution in [1.29, 1.82) is 0 Å². The number of hydrogen-bond acceptors (Lipinski definition) is 3. The van der Waals surface area contributed by atoms with Crippen molar-refractivity contribution in [2.24, 2.45) is 0 Å². The molecule has 2 rings (SSSR count). The Labute approximate surface area is 125 Å². The third kappa shape index (κ3) is 4.48. The monoisotopic (exact) mass is 290 g/mol. The Bertz CT molecular complexity index is 470. The van der Waals surface area contributed by atoms with Gasteiger partial charge < -0.3 is 15.4 Å². The number of carbonyl (C=O) groups excluding carboxylic acids is 2. The van der Waals surface area contributed by atoms with E-state index < -0.39 is 12.0 Å². The van der Waals surface area contributed by atoms with Gasteiger partial charge in [0.15, 0.2) is 6.04 Å². The number of benzene rings is 1. The van der Waals surface area contributed by atoms with Gasteiger partial charge in [0.2, 0.25) is 0 Å². The van der Waals surface area contributed by atoms with Gasteiger partial charge in [-0.05, 0) is 18.4 Å². The van der Waals surface area contributed by atoms with E-state index in [9.17, 15) is 9.59 Å². The molecule has 0 spiro atoms. The molecular weight excluding hydrogens is 268 g/mol. The standard InChI is InChI=1S/C16H22N2O3/c1-21-15(19)14(12-8-4-2-5-9-12)18-16(20)17-13-10-6-3-7-11-13/h2,4-5,8-9,13-14H,3,6-7,10-11H2,1H3,(H2,17,18,20). The van der Waals surface area contributed by atoms with E-state index in [0.717, 1.165) is 25.7 Å². The summed E-state index contributed by atoms with van der Waals surface area (Å²) in [5, 5.41) is 5.65. The van der Waals surface area contributed by atoms with E-state index in [4.69, 9.17) is 4.74 Å². The van der Waals surface area contributed by atoms with E-state index in [1.807, 2.05) is 18.2 Å². The van der Waals surface area contributed by atoms with Crippen LogP contribution in [0.2, 0.25) is 0 Å². The van der Waals surface area contributed by atoms with Gasteiger partial charge in [0, 0.05) is 6.04 Å². The maximum absolute atomic E-state index is 12.1. The highest BCUT2D eigenvalue weighted by Gasteiger charge is 2.24. The van der Waals surface area contributed by atoms with Crippen molar-refractivity contribution in [3.63, 3.8) is 0 Å². The van der Waals surface area contributed by atoms with E-state index in [-0.39, 0.29) is 12.1 Å². The predicted octanol–water partition coefficient (Wildman–Crippen LogP) is 2.53. The molecule has 0 aromatic heterocycles. The van der Waals surface area contributed by atoms with Crippen molar-refractivity contribution < 1.29 is 14.3 Å². The molecule has 5 heteroatoms. The number of hydrogen-bond donors (Lipinski definition) is 2. The van der Waals surface area contributed by atoms with E-state index in [1.54, 1.807) is 12.1 Å². The Morgan fingerprint density at radius 2 is 1.81 bits per heavy atom. The first-order valence-corrected chi connectivity index (χ1v) is 7.40. The van der Waals surface area contributed by atoms with Crippen LogP contribution in [0.1, 0.15) is 43.7 Å². The van der Waals surface area contributed by atoms with Gasteiger partial charge in [-0.15, -0.1) is 0 Å². The van der Waals surface area contributed by atoms with Crippen LogP contribution in [0.15, 0.2) is 30.3 Å². The van der Waals surface area contributed by atoms with Crippen LogP contribution in [0.3, 0.4) is 0 Å². The molecular formula is C16H22N2O3. The summed E-state index contributed by atoms with van der Waals surface area (Å²) in [5.41, 5.74) is 0.711. The SMILES string of the molecule is COC(=O)C(NC(=O)NC1CCCCC1)c1ccccc1. The second-order valence-electron chi connectivity index (χ2n) is 5.32. The van der Waals surface area contributed by atoms with E-state index in [2.05, 4.69) is 10.6 Å². The molecule has 1 aromatic carbocycles. The van der Waals surface area contributed by atoms with E-state index in [1.165, 1.54) is 13.5 Å². The van der Waals surface area contributed by atoms with Gasteiger partial charge in [-0.25, -0.2) is 9.59 Å². The second-order valence-corrected chi connectivity index (χ2v) is 5.32. The topological polar surface area (TPSA) is 67.4 Å². The molecule has 0 heterocycles. The number of methoxy groups -OCH3 is 1. The maximum Gasteiger partial charge on any atom is 0.333 e. The highest BCUT2D eigenvalue weighted by molar-refractivity contribution is 5.84. The zero-order chi connectivity index (χ0) is 15.1. The summed E-state index contributed by atoms with van der Waals surface area (Å²) in [7, 11) is 1.32. The first kappa shape index (κ1) is 15.4. The van der Waals surface area contributed by atoms with E-state index in [0.29, 0.717) is 5.56 Å². The zero-order valence-electron chi connectivity index (χ0n) is 12.3. The average molecular weight is 290 g/mol. The van der Waals surface area contributed by atoms with Gasteiger partial charge in [0.05, 0.1) is 7.11 Å². The molecule has 5 nitrogen and oxygen atoms in total. The molecule has 0 bridgehead atoms. The van der Waals surface area contributed by atoms with Crippen molar-refractivity contribution in [1.82, 2.24) is 10.6 Å². The Morgan fingerprint density at radius 1 is 1.14 bits per heavy atom. The fourth-order valence-electron chi connectivity index (χ4n) is 2.65. The van der Waals surface area contributed by atoms with E-state index >= 15 is 0 Å². The molecule has 21 heavy (non-hydrogen) atoms. The largest absolute Gasteiger partial charge is 0.467 e. The third-order valence-electron chi connectivity index (χ3n) is 3.79. The number of ether oxygens (including phenoxy) is 1. The predicted molar refractivity (Wildman–Crippen MR) is 79.7 cm³/mol. The molecule has 1 aromatic rings. The molecule has 1 atom stereocenters. The lowest BCUT2D eigenvalue weighted by Gasteiger charge is -2.24. The summed E-state index contributed by atoms with van der Waals surface area (Å²) in [6.45, 7) is 0. The van der Waals surface area contributed by atoms with Crippen LogP contribution in [0.25, 0.3) is 0 Å². The lowest BCUT2D eigenvalue weighted by molar-refractivity contribution is -0.143. The highest BCUT2D eigenvalue weighted by atomic mass is 16.5. The third-order valence-corrected chi connectivity index (χ3v) is 3.79. The number of nitrogens with one attached hydrogen (secondary N) is 2. The molecule has 2 N–H and O–H groups in total. The fourth-order valence-corrected chi connectivity index (χ4v) is 2.65. The van der Waals surface area contributed by atoms with Crippen molar-refractivity contribution in [3.05, 3.63) is 35.9 Å². The van der Waals surface area contributed by atoms with Crippen LogP contribution >= 0.6 is 0 Å². The number of amides is 2. The first-order chi connectivity index (χ1) is 10.2. The minimum absolute atomic E-state index is 0.202. The minimum Gasteiger partial charge on any atom is -0.467 e. The van der Waals surface area contributed by atoms with Crippen LogP contribution < -0.4 is 10.6 Å². The van der Waals surface area contributed by atoms with Crippen molar-refractivity contribution in [2.75, 3.05) is 7.11 Å². The normalized spacial score (nSPS) is 16.8. The molecule has 0 aliphatic heterocycles. The first-order valence-electron chi connectivity index (χ1n) is 7.40. The lowest BCUT2D eigenvalue weighted by Crippen LogP contribution is -2.46. The van der Waals surface area contributed by atoms with Crippen molar-refractivity contribution in [2.45, 2.75) is 44.2 Å². The van der Waals surface area contributed by atoms with Gasteiger partial charge in [0.1, 0.15) is 0 Å². The summed E-state index contributed by atoms with van der Waals surface area (Å²) in [5.74, 6) is -0.472. The van der Waals surface area contributed by atoms with Crippen LogP contribution in [0.5, 0.6) is 0 Å². The molecule has 0 saturated heterocycles. The van der Waals surface area contributed by atoms with Crippen LogP contribution in [0, 0.1) is 0 Å². The number of carbonyl (C=O) groups is 2. The summed E-state index contributed by atoms with van der Waals surface area (Å²) in [4.78, 5) is 24.0. The molecule has 1 fully saturated rings. The lowest BCUT2D eigenvalue weighted by atomic mass is 9.96. The van der Waals surface area contributed by atoms with Gasteiger partial charge in [-0.1, -0.05) is 49.6 Å². The molecule has 1 aliphatic rings. The van der Waals surface area contributed by atoms with Gasteiger partial charge in [0.25, 0.3) is 0 Å². The molecule has 1 aliphatic carbocycles. The molecule has 114 valence electrons. The van der Waals surface area contributed by atoms with Crippen LogP contribution in [-0.2, 0) is 9.53 Å². The Morgan fingerprint density at radius 3 is 2.43 bits per heavy atom. The van der Waals surface area contributed by atoms with Gasteiger partial charge >= 0.3 is 12.0 Å². The smallest absolute Gasteiger partial charge is 0.333 e. The summed E-state index contributed by atoms with van der Waals surface area (Å²) >= 11 is 0. The van der Waals surface area contributed by atoms with Crippen LogP contribution in [0.4, 0.5) is 4.79 Å². The summed E-state index contributed by atoms with van der Waals surface area (Å²) < 4.78 is 4.78. The fraction of sp³-hybridized carbons (Fsp3) is 0.500. The Balaban J connectivity index is 1.98. The highest BCUT2D eigenvalue weighted by Crippen LogP contribution is 2.18. The second kappa shape index (κ2) is 7.67. The van der Waals surface area contributed by atoms with Gasteiger partial charge in [-0.2, -0.15) is 0 Å². The molecule has 1 unspecified atom stereocenters. The molecule has 0 radical (unpaired) electrons. The van der Waals surface area contributed by atoms with Gasteiger partial charge in [-0.3, -0.25) is 0 Å².